The van der Waals surface area contributed by atoms with Gasteiger partial charge in [0.05, 0.1) is 0 Å². The number of aliphatic carboxylic acids is 1. The topological polar surface area (TPSA) is 63.6 Å². The number of hydrogen-bond donors (Lipinski definition) is 1. The summed E-state index contributed by atoms with van der Waals surface area (Å²) in [5.74, 6) is -1.32. The third-order valence-electron chi connectivity index (χ3n) is 9.88. The van der Waals surface area contributed by atoms with Crippen molar-refractivity contribution in [2.45, 2.75) is 238 Å². The molecular formula is C41H80O4Si. The van der Waals surface area contributed by atoms with Gasteiger partial charge in [0.25, 0.3) is 8.32 Å². The third kappa shape index (κ3) is 28.0. The lowest BCUT2D eigenvalue weighted by atomic mass is 10.0. The lowest BCUT2D eigenvalue weighted by Crippen LogP contribution is -2.41. The minimum absolute atomic E-state index is 0.302. The van der Waals surface area contributed by atoms with E-state index in [1.807, 2.05) is 0 Å². The second-order valence-corrected chi connectivity index (χ2v) is 18.5. The van der Waals surface area contributed by atoms with Crippen LogP contribution in [0.5, 0.6) is 0 Å². The summed E-state index contributed by atoms with van der Waals surface area (Å²) in [6, 6.07) is 3.15. The summed E-state index contributed by atoms with van der Waals surface area (Å²) in [6.07, 6.45) is 37.8. The number of hydrogen-bond acceptors (Lipinski definition) is 3. The van der Waals surface area contributed by atoms with Gasteiger partial charge in [-0.05, 0) is 31.0 Å². The van der Waals surface area contributed by atoms with Gasteiger partial charge < -0.3 is 9.53 Å². The predicted molar refractivity (Wildman–Crippen MR) is 203 cm³/mol. The first kappa shape index (κ1) is 44.9. The van der Waals surface area contributed by atoms with Gasteiger partial charge in [0.1, 0.15) is 0 Å². The van der Waals surface area contributed by atoms with E-state index in [0.717, 1.165) is 62.7 Å². The zero-order valence-corrected chi connectivity index (χ0v) is 32.6. The highest BCUT2D eigenvalue weighted by Gasteiger charge is 2.38. The summed E-state index contributed by atoms with van der Waals surface area (Å²) < 4.78 is 6.70. The molecule has 0 atom stereocenters. The Morgan fingerprint density at radius 1 is 0.457 bits per heavy atom. The highest BCUT2D eigenvalue weighted by atomic mass is 28.4. The molecule has 0 aromatic carbocycles. The van der Waals surface area contributed by atoms with E-state index in [9.17, 15) is 14.7 Å². The molecule has 0 rings (SSSR count). The van der Waals surface area contributed by atoms with E-state index in [4.69, 9.17) is 4.43 Å². The summed E-state index contributed by atoms with van der Waals surface area (Å²) >= 11 is 0. The number of carbonyl (C=O) groups excluding carboxylic acids is 1. The van der Waals surface area contributed by atoms with E-state index in [-0.39, 0.29) is 5.97 Å². The third-order valence-corrected chi connectivity index (χ3v) is 14.3. The molecule has 0 fully saturated rings. The molecule has 1 N–H and O–H groups in total. The van der Waals surface area contributed by atoms with E-state index < -0.39 is 14.3 Å². The summed E-state index contributed by atoms with van der Waals surface area (Å²) in [5, 5.41) is 9.67. The van der Waals surface area contributed by atoms with Crippen molar-refractivity contribution < 1.29 is 19.1 Å². The Morgan fingerprint density at radius 2 is 0.739 bits per heavy atom. The Bertz CT molecular complexity index is 678. The monoisotopic (exact) mass is 665 g/mol. The molecule has 4 nitrogen and oxygen atoms in total. The molecule has 0 spiro atoms. The van der Waals surface area contributed by atoms with E-state index in [1.165, 1.54) is 148 Å². The molecule has 0 aliphatic carbocycles. The summed E-state index contributed by atoms with van der Waals surface area (Å²) in [7, 11) is -2.34. The number of carbonyl (C=O) groups is 2. The molecule has 0 saturated heterocycles. The molecule has 0 aliphatic heterocycles. The Hall–Kier alpha value is -1.10. The zero-order valence-electron chi connectivity index (χ0n) is 31.6. The van der Waals surface area contributed by atoms with E-state index in [2.05, 4.69) is 27.7 Å². The maximum Gasteiger partial charge on any atom is 0.328 e. The predicted octanol–water partition coefficient (Wildman–Crippen LogP) is 14.3. The minimum Gasteiger partial charge on any atom is -0.516 e. The first-order valence-corrected chi connectivity index (χ1v) is 23.1. The van der Waals surface area contributed by atoms with Gasteiger partial charge in [-0.3, -0.25) is 0 Å². The average molecular weight is 665 g/mol. The van der Waals surface area contributed by atoms with E-state index >= 15 is 0 Å². The smallest absolute Gasteiger partial charge is 0.328 e. The van der Waals surface area contributed by atoms with Crippen LogP contribution in [-0.2, 0) is 14.0 Å². The molecule has 0 radical (unpaired) electrons. The van der Waals surface area contributed by atoms with Crippen LogP contribution >= 0.6 is 0 Å². The van der Waals surface area contributed by atoms with Gasteiger partial charge in [-0.25, -0.2) is 9.59 Å². The van der Waals surface area contributed by atoms with E-state index in [0.29, 0.717) is 12.0 Å². The summed E-state index contributed by atoms with van der Waals surface area (Å²) in [6.45, 7) is 9.05. The number of carboxylic acid groups (broad SMARTS) is 1. The van der Waals surface area contributed by atoms with Crippen LogP contribution in [0.2, 0.25) is 18.1 Å². The standard InChI is InChI=1S/C41H80O4Si/c1-5-9-13-17-21-22-23-24-25-26-30-34-39(38-40(42)43)41(44)45-46(35-31-27-18-14-10-6-2,36-32-28-19-15-11-7-3)37-33-29-20-16-12-8-4/h38H,5-37H2,1-4H3,(H,42,43). The van der Waals surface area contributed by atoms with Crippen LogP contribution in [0.4, 0.5) is 0 Å². The van der Waals surface area contributed by atoms with Gasteiger partial charge in [-0.1, -0.05) is 207 Å². The largest absolute Gasteiger partial charge is 0.516 e. The highest BCUT2D eigenvalue weighted by molar-refractivity contribution is 6.75. The van der Waals surface area contributed by atoms with Gasteiger partial charge in [0.2, 0.25) is 0 Å². The average Bonchev–Trinajstić information content (AvgIpc) is 3.04. The number of unbranched alkanes of at least 4 members (excludes halogenated alkanes) is 25. The minimum atomic E-state index is -2.34. The summed E-state index contributed by atoms with van der Waals surface area (Å²) in [5.41, 5.74) is 0.397. The lowest BCUT2D eigenvalue weighted by molar-refractivity contribution is -0.134. The number of carboxylic acids is 1. The maximum absolute atomic E-state index is 13.8. The second kappa shape index (κ2) is 33.8. The van der Waals surface area contributed by atoms with Crippen molar-refractivity contribution in [3.8, 4) is 0 Å². The van der Waals surface area contributed by atoms with Crippen molar-refractivity contribution in [1.29, 1.82) is 0 Å². The quantitative estimate of drug-likeness (QED) is 0.0411. The zero-order chi connectivity index (χ0) is 34.0. The van der Waals surface area contributed by atoms with Crippen LogP contribution in [0.1, 0.15) is 220 Å². The molecule has 0 heterocycles. The fourth-order valence-corrected chi connectivity index (χ4v) is 11.1. The van der Waals surface area contributed by atoms with Crippen molar-refractivity contribution in [3.05, 3.63) is 11.6 Å². The van der Waals surface area contributed by atoms with Crippen LogP contribution in [0, 0.1) is 0 Å². The van der Waals surface area contributed by atoms with Crippen LogP contribution in [0.15, 0.2) is 11.6 Å². The molecule has 0 aliphatic rings. The first-order valence-electron chi connectivity index (χ1n) is 20.6. The molecule has 0 unspecified atom stereocenters. The van der Waals surface area contributed by atoms with Crippen molar-refractivity contribution >= 4 is 20.3 Å². The van der Waals surface area contributed by atoms with Crippen LogP contribution in [0.25, 0.3) is 0 Å². The molecule has 0 saturated carbocycles. The molecule has 46 heavy (non-hydrogen) atoms. The SMILES string of the molecule is CCCCCCCCCCCCCC(=CC(=O)O)C(=O)O[Si](CCCCCCCC)(CCCCCCCC)CCCCCCCC. The van der Waals surface area contributed by atoms with Gasteiger partial charge in [-0.15, -0.1) is 0 Å². The fourth-order valence-electron chi connectivity index (χ4n) is 6.83. The van der Waals surface area contributed by atoms with Crippen LogP contribution in [-0.4, -0.2) is 25.4 Å². The van der Waals surface area contributed by atoms with Crippen molar-refractivity contribution in [2.24, 2.45) is 0 Å². The van der Waals surface area contributed by atoms with Crippen LogP contribution < -0.4 is 0 Å². The molecule has 0 bridgehead atoms. The Morgan fingerprint density at radius 3 is 1.04 bits per heavy atom. The molecule has 272 valence electrons. The highest BCUT2D eigenvalue weighted by Crippen LogP contribution is 2.32. The molecule has 0 aromatic heterocycles. The van der Waals surface area contributed by atoms with Gasteiger partial charge >= 0.3 is 11.9 Å². The summed E-state index contributed by atoms with van der Waals surface area (Å²) in [4.78, 5) is 25.6. The first-order chi connectivity index (χ1) is 22.4. The fraction of sp³-hybridized carbons (Fsp3) is 0.902. The second-order valence-electron chi connectivity index (χ2n) is 14.4. The Labute approximate surface area is 288 Å². The molecular weight excluding hydrogens is 585 g/mol. The van der Waals surface area contributed by atoms with Crippen molar-refractivity contribution in [1.82, 2.24) is 0 Å². The van der Waals surface area contributed by atoms with Gasteiger partial charge in [0.15, 0.2) is 0 Å². The van der Waals surface area contributed by atoms with Gasteiger partial charge in [0, 0.05) is 11.6 Å². The Balaban J connectivity index is 5.35. The molecule has 5 heteroatoms. The van der Waals surface area contributed by atoms with Crippen molar-refractivity contribution in [3.63, 3.8) is 0 Å². The lowest BCUT2D eigenvalue weighted by Gasteiger charge is -2.32. The number of rotatable bonds is 36. The Kier molecular flexibility index (Phi) is 33.0. The molecule has 0 amide bonds. The molecule has 0 aromatic rings. The van der Waals surface area contributed by atoms with Crippen LogP contribution in [0.3, 0.4) is 0 Å². The maximum atomic E-state index is 13.8. The normalized spacial score (nSPS) is 12.1. The van der Waals surface area contributed by atoms with E-state index in [1.54, 1.807) is 0 Å². The van der Waals surface area contributed by atoms with Gasteiger partial charge in [-0.2, -0.15) is 0 Å². The van der Waals surface area contributed by atoms with Crippen molar-refractivity contribution in [2.75, 3.05) is 0 Å².